The van der Waals surface area contributed by atoms with Gasteiger partial charge in [-0.1, -0.05) is 12.1 Å². The number of rotatable bonds is 5. The Kier molecular flexibility index (Phi) is 4.69. The molecule has 1 amide bonds. The minimum Gasteiger partial charge on any atom is -0.492 e. The highest BCUT2D eigenvalue weighted by molar-refractivity contribution is 6.08. The largest absolute Gasteiger partial charge is 0.492 e. The number of nitrogens with one attached hydrogen (secondary N) is 1. The maximum atomic E-state index is 12.6. The Labute approximate surface area is 143 Å². The van der Waals surface area contributed by atoms with E-state index in [4.69, 9.17) is 14.2 Å². The zero-order valence-electron chi connectivity index (χ0n) is 13.5. The van der Waals surface area contributed by atoms with E-state index in [2.05, 4.69) is 5.32 Å². The summed E-state index contributed by atoms with van der Waals surface area (Å²) in [5, 5.41) is 14.0. The zero-order valence-corrected chi connectivity index (χ0v) is 13.5. The van der Waals surface area contributed by atoms with Crippen molar-refractivity contribution in [1.82, 2.24) is 0 Å². The summed E-state index contributed by atoms with van der Waals surface area (Å²) in [6, 6.07) is 9.40. The average molecular weight is 344 g/mol. The van der Waals surface area contributed by atoms with Crippen LogP contribution < -0.4 is 19.5 Å². The van der Waals surface area contributed by atoms with E-state index < -0.39 is 10.8 Å². The summed E-state index contributed by atoms with van der Waals surface area (Å²) in [7, 11) is 0. The molecule has 0 fully saturated rings. The van der Waals surface area contributed by atoms with Gasteiger partial charge in [0, 0.05) is 6.07 Å². The molecule has 0 aromatic heterocycles. The predicted octanol–water partition coefficient (Wildman–Crippen LogP) is 3.02. The SMILES string of the molecule is CCOc1ccccc1NC(=O)c1cc2c(cc1[N+](=O)[O-])OCCO2. The molecule has 0 bridgehead atoms. The molecule has 2 aromatic carbocycles. The molecule has 0 saturated carbocycles. The van der Waals surface area contributed by atoms with Crippen molar-refractivity contribution in [2.24, 2.45) is 0 Å². The van der Waals surface area contributed by atoms with Crippen molar-refractivity contribution in [3.8, 4) is 17.2 Å². The number of nitro benzene ring substituents is 1. The van der Waals surface area contributed by atoms with Crippen molar-refractivity contribution in [3.05, 3.63) is 52.1 Å². The lowest BCUT2D eigenvalue weighted by atomic mass is 10.1. The van der Waals surface area contributed by atoms with Gasteiger partial charge in [0.1, 0.15) is 24.5 Å². The lowest BCUT2D eigenvalue weighted by Gasteiger charge is -2.19. The van der Waals surface area contributed by atoms with Gasteiger partial charge < -0.3 is 19.5 Å². The first kappa shape index (κ1) is 16.6. The van der Waals surface area contributed by atoms with Crippen LogP contribution in [0.15, 0.2) is 36.4 Å². The van der Waals surface area contributed by atoms with Gasteiger partial charge in [-0.05, 0) is 19.1 Å². The smallest absolute Gasteiger partial charge is 0.286 e. The van der Waals surface area contributed by atoms with E-state index in [1.165, 1.54) is 12.1 Å². The summed E-state index contributed by atoms with van der Waals surface area (Å²) in [6.07, 6.45) is 0. The molecule has 1 aliphatic heterocycles. The average Bonchev–Trinajstić information content (AvgIpc) is 2.62. The van der Waals surface area contributed by atoms with Gasteiger partial charge in [-0.2, -0.15) is 0 Å². The standard InChI is InChI=1S/C17H16N2O6/c1-2-23-14-6-4-3-5-12(14)18-17(20)11-9-15-16(25-8-7-24-15)10-13(11)19(21)22/h3-6,9-10H,2,7-8H2,1H3,(H,18,20). The maximum Gasteiger partial charge on any atom is 0.286 e. The number of anilines is 1. The van der Waals surface area contributed by atoms with Crippen molar-refractivity contribution in [2.75, 3.05) is 25.1 Å². The molecular weight excluding hydrogens is 328 g/mol. The first-order valence-electron chi connectivity index (χ1n) is 7.71. The van der Waals surface area contributed by atoms with Crippen molar-refractivity contribution in [2.45, 2.75) is 6.92 Å². The molecule has 3 rings (SSSR count). The monoisotopic (exact) mass is 344 g/mol. The number of hydrogen-bond acceptors (Lipinski definition) is 6. The van der Waals surface area contributed by atoms with Crippen LogP contribution in [0.4, 0.5) is 11.4 Å². The molecule has 0 spiro atoms. The number of nitro groups is 1. The highest BCUT2D eigenvalue weighted by Gasteiger charge is 2.26. The summed E-state index contributed by atoms with van der Waals surface area (Å²) < 4.78 is 16.2. The maximum absolute atomic E-state index is 12.6. The minimum absolute atomic E-state index is 0.111. The van der Waals surface area contributed by atoms with E-state index in [-0.39, 0.29) is 17.0 Å². The van der Waals surface area contributed by atoms with E-state index in [0.29, 0.717) is 37.0 Å². The number of hydrogen-bond donors (Lipinski definition) is 1. The zero-order chi connectivity index (χ0) is 17.8. The van der Waals surface area contributed by atoms with Crippen LogP contribution in [0.2, 0.25) is 0 Å². The van der Waals surface area contributed by atoms with E-state index >= 15 is 0 Å². The first-order valence-corrected chi connectivity index (χ1v) is 7.71. The summed E-state index contributed by atoms with van der Waals surface area (Å²) in [6.45, 7) is 2.87. The Morgan fingerprint density at radius 1 is 1.24 bits per heavy atom. The van der Waals surface area contributed by atoms with Gasteiger partial charge in [-0.15, -0.1) is 0 Å². The molecule has 130 valence electrons. The van der Waals surface area contributed by atoms with Crippen molar-refractivity contribution in [3.63, 3.8) is 0 Å². The summed E-state index contributed by atoms with van der Waals surface area (Å²) >= 11 is 0. The third kappa shape index (κ3) is 3.47. The molecule has 8 heteroatoms. The number of ether oxygens (including phenoxy) is 3. The Balaban J connectivity index is 1.95. The molecule has 0 unspecified atom stereocenters. The van der Waals surface area contributed by atoms with Gasteiger partial charge in [0.2, 0.25) is 0 Å². The number of carbonyl (C=O) groups is 1. The van der Waals surface area contributed by atoms with Crippen LogP contribution in [-0.4, -0.2) is 30.7 Å². The van der Waals surface area contributed by atoms with E-state index in [9.17, 15) is 14.9 Å². The highest BCUT2D eigenvalue weighted by atomic mass is 16.6. The lowest BCUT2D eigenvalue weighted by Crippen LogP contribution is -2.19. The third-order valence-electron chi connectivity index (χ3n) is 3.54. The molecule has 1 aliphatic rings. The second-order valence-corrected chi connectivity index (χ2v) is 5.15. The quantitative estimate of drug-likeness (QED) is 0.661. The molecule has 8 nitrogen and oxygen atoms in total. The third-order valence-corrected chi connectivity index (χ3v) is 3.54. The van der Waals surface area contributed by atoms with Gasteiger partial charge >= 0.3 is 0 Å². The Morgan fingerprint density at radius 2 is 1.92 bits per heavy atom. The van der Waals surface area contributed by atoms with Crippen LogP contribution in [0.3, 0.4) is 0 Å². The fourth-order valence-electron chi connectivity index (χ4n) is 2.45. The number of para-hydroxylation sites is 2. The van der Waals surface area contributed by atoms with Crippen molar-refractivity contribution in [1.29, 1.82) is 0 Å². The van der Waals surface area contributed by atoms with Crippen molar-refractivity contribution < 1.29 is 23.9 Å². The number of nitrogens with zero attached hydrogens (tertiary/aromatic N) is 1. The number of amides is 1. The highest BCUT2D eigenvalue weighted by Crippen LogP contribution is 2.37. The molecule has 1 N–H and O–H groups in total. The topological polar surface area (TPSA) is 99.9 Å². The number of carbonyl (C=O) groups excluding carboxylic acids is 1. The Hall–Kier alpha value is -3.29. The van der Waals surface area contributed by atoms with Crippen molar-refractivity contribution >= 4 is 17.3 Å². The predicted molar refractivity (Wildman–Crippen MR) is 89.7 cm³/mol. The van der Waals surface area contributed by atoms with Crippen LogP contribution in [0, 0.1) is 10.1 Å². The molecule has 0 atom stereocenters. The van der Waals surface area contributed by atoms with Crippen LogP contribution in [0.5, 0.6) is 17.2 Å². The Bertz CT molecular complexity index is 821. The Morgan fingerprint density at radius 3 is 2.60 bits per heavy atom. The fraction of sp³-hybridized carbons (Fsp3) is 0.235. The van der Waals surface area contributed by atoms with E-state index in [1.807, 2.05) is 6.92 Å². The lowest BCUT2D eigenvalue weighted by molar-refractivity contribution is -0.385. The molecular formula is C17H16N2O6. The van der Waals surface area contributed by atoms with Crippen LogP contribution in [0.1, 0.15) is 17.3 Å². The summed E-state index contributed by atoms with van der Waals surface area (Å²) in [5.41, 5.74) is -0.0327. The van der Waals surface area contributed by atoms with Gasteiger partial charge in [0.15, 0.2) is 11.5 Å². The minimum atomic E-state index is -0.629. The van der Waals surface area contributed by atoms with E-state index in [1.54, 1.807) is 24.3 Å². The van der Waals surface area contributed by atoms with Gasteiger partial charge in [0.25, 0.3) is 11.6 Å². The molecule has 2 aromatic rings. The second-order valence-electron chi connectivity index (χ2n) is 5.15. The van der Waals surface area contributed by atoms with E-state index in [0.717, 1.165) is 0 Å². The normalized spacial score (nSPS) is 12.4. The molecule has 0 aliphatic carbocycles. The summed E-state index contributed by atoms with van der Waals surface area (Å²) in [4.78, 5) is 23.3. The molecule has 1 heterocycles. The van der Waals surface area contributed by atoms with Crippen LogP contribution in [-0.2, 0) is 0 Å². The van der Waals surface area contributed by atoms with Gasteiger partial charge in [0.05, 0.1) is 23.3 Å². The number of fused-ring (bicyclic) bond motifs is 1. The number of benzene rings is 2. The van der Waals surface area contributed by atoms with Crippen LogP contribution in [0.25, 0.3) is 0 Å². The molecule has 0 saturated heterocycles. The van der Waals surface area contributed by atoms with Crippen LogP contribution >= 0.6 is 0 Å². The first-order chi connectivity index (χ1) is 12.1. The fourth-order valence-corrected chi connectivity index (χ4v) is 2.45. The summed E-state index contributed by atoms with van der Waals surface area (Å²) in [5.74, 6) is 0.415. The molecule has 0 radical (unpaired) electrons. The second kappa shape index (κ2) is 7.08. The van der Waals surface area contributed by atoms with Gasteiger partial charge in [-0.25, -0.2) is 0 Å². The van der Waals surface area contributed by atoms with Gasteiger partial charge in [-0.3, -0.25) is 14.9 Å². The molecule has 25 heavy (non-hydrogen) atoms.